The maximum Gasteiger partial charge on any atom is 0.122 e. The van der Waals surface area contributed by atoms with Crippen LogP contribution in [0.1, 0.15) is 62.6 Å². The fourth-order valence-electron chi connectivity index (χ4n) is 2.94. The highest BCUT2D eigenvalue weighted by Gasteiger charge is 2.23. The number of hydrogen-bond donors (Lipinski definition) is 1. The molecule has 0 spiro atoms. The highest BCUT2D eigenvalue weighted by Crippen LogP contribution is 2.36. The topological polar surface area (TPSA) is 21.3 Å². The molecule has 0 saturated carbocycles. The summed E-state index contributed by atoms with van der Waals surface area (Å²) < 4.78 is 5.99. The molecule has 1 aromatic rings. The second kappa shape index (κ2) is 7.54. The SMILES string of the molecule is CCCCCCCOc1cccc2c1CCC2NC. The first-order chi connectivity index (χ1) is 9.36. The Labute approximate surface area is 117 Å². The van der Waals surface area contributed by atoms with Crippen molar-refractivity contribution in [1.82, 2.24) is 5.32 Å². The van der Waals surface area contributed by atoms with Gasteiger partial charge in [0, 0.05) is 6.04 Å². The van der Waals surface area contributed by atoms with Crippen molar-refractivity contribution in [3.8, 4) is 5.75 Å². The minimum Gasteiger partial charge on any atom is -0.493 e. The standard InChI is InChI=1S/C17H27NO/c1-3-4-5-6-7-13-19-17-10-8-9-14-15(17)11-12-16(14)18-2/h8-10,16,18H,3-7,11-13H2,1-2H3. The van der Waals surface area contributed by atoms with Gasteiger partial charge in [0.25, 0.3) is 0 Å². The summed E-state index contributed by atoms with van der Waals surface area (Å²) in [5.74, 6) is 1.12. The number of nitrogens with one attached hydrogen (secondary N) is 1. The molecule has 2 heteroatoms. The Morgan fingerprint density at radius 2 is 2.05 bits per heavy atom. The minimum absolute atomic E-state index is 0.517. The molecule has 0 aliphatic heterocycles. The van der Waals surface area contributed by atoms with Crippen molar-refractivity contribution in [2.75, 3.05) is 13.7 Å². The van der Waals surface area contributed by atoms with Gasteiger partial charge < -0.3 is 10.1 Å². The lowest BCUT2D eigenvalue weighted by molar-refractivity contribution is 0.302. The minimum atomic E-state index is 0.517. The van der Waals surface area contributed by atoms with E-state index in [4.69, 9.17) is 4.74 Å². The van der Waals surface area contributed by atoms with E-state index in [1.165, 1.54) is 49.7 Å². The molecule has 1 aliphatic carbocycles. The molecule has 1 unspecified atom stereocenters. The van der Waals surface area contributed by atoms with Crippen molar-refractivity contribution in [3.63, 3.8) is 0 Å². The van der Waals surface area contributed by atoms with Crippen LogP contribution in [0.5, 0.6) is 5.75 Å². The Hall–Kier alpha value is -1.02. The Morgan fingerprint density at radius 3 is 2.84 bits per heavy atom. The van der Waals surface area contributed by atoms with Gasteiger partial charge in [-0.3, -0.25) is 0 Å². The Morgan fingerprint density at radius 1 is 1.21 bits per heavy atom. The number of rotatable bonds is 8. The molecule has 106 valence electrons. The molecule has 1 aromatic carbocycles. The third kappa shape index (κ3) is 3.73. The summed E-state index contributed by atoms with van der Waals surface area (Å²) in [4.78, 5) is 0. The van der Waals surface area contributed by atoms with Crippen LogP contribution in [-0.4, -0.2) is 13.7 Å². The highest BCUT2D eigenvalue weighted by atomic mass is 16.5. The first-order valence-corrected chi connectivity index (χ1v) is 7.78. The zero-order chi connectivity index (χ0) is 13.5. The first kappa shape index (κ1) is 14.4. The lowest BCUT2D eigenvalue weighted by Crippen LogP contribution is -2.12. The molecule has 2 rings (SSSR count). The number of unbranched alkanes of at least 4 members (excludes halogenated alkanes) is 4. The van der Waals surface area contributed by atoms with E-state index in [-0.39, 0.29) is 0 Å². The van der Waals surface area contributed by atoms with E-state index in [1.807, 2.05) is 7.05 Å². The lowest BCUT2D eigenvalue weighted by atomic mass is 10.1. The van der Waals surface area contributed by atoms with Crippen molar-refractivity contribution >= 4 is 0 Å². The van der Waals surface area contributed by atoms with Gasteiger partial charge in [-0.15, -0.1) is 0 Å². The number of fused-ring (bicyclic) bond motifs is 1. The maximum absolute atomic E-state index is 5.99. The lowest BCUT2D eigenvalue weighted by Gasteiger charge is -2.13. The van der Waals surface area contributed by atoms with Gasteiger partial charge in [-0.25, -0.2) is 0 Å². The molecule has 1 aliphatic rings. The summed E-state index contributed by atoms with van der Waals surface area (Å²) in [7, 11) is 2.04. The van der Waals surface area contributed by atoms with Gasteiger partial charge in [0.2, 0.25) is 0 Å². The number of ether oxygens (including phenoxy) is 1. The van der Waals surface area contributed by atoms with Gasteiger partial charge in [-0.05, 0) is 43.5 Å². The van der Waals surface area contributed by atoms with Crippen molar-refractivity contribution in [3.05, 3.63) is 29.3 Å². The summed E-state index contributed by atoms with van der Waals surface area (Å²) >= 11 is 0. The second-order valence-corrected chi connectivity index (χ2v) is 5.47. The Bertz CT molecular complexity index is 389. The molecule has 19 heavy (non-hydrogen) atoms. The van der Waals surface area contributed by atoms with Gasteiger partial charge in [0.05, 0.1) is 6.61 Å². The summed E-state index contributed by atoms with van der Waals surface area (Å²) in [6.07, 6.45) is 8.81. The molecule has 2 nitrogen and oxygen atoms in total. The quantitative estimate of drug-likeness (QED) is 0.707. The zero-order valence-corrected chi connectivity index (χ0v) is 12.4. The van der Waals surface area contributed by atoms with Crippen molar-refractivity contribution < 1.29 is 4.74 Å². The van der Waals surface area contributed by atoms with Crippen LogP contribution in [0.25, 0.3) is 0 Å². The third-order valence-electron chi connectivity index (χ3n) is 4.08. The molecule has 1 N–H and O–H groups in total. The van der Waals surface area contributed by atoms with Crippen LogP contribution in [0.4, 0.5) is 0 Å². The van der Waals surface area contributed by atoms with E-state index in [2.05, 4.69) is 30.4 Å². The van der Waals surface area contributed by atoms with Crippen LogP contribution in [0, 0.1) is 0 Å². The summed E-state index contributed by atoms with van der Waals surface area (Å²) in [5.41, 5.74) is 2.86. The molecule has 0 saturated heterocycles. The molecule has 0 heterocycles. The van der Waals surface area contributed by atoms with Crippen LogP contribution >= 0.6 is 0 Å². The first-order valence-electron chi connectivity index (χ1n) is 7.78. The van der Waals surface area contributed by atoms with Crippen LogP contribution in [0.2, 0.25) is 0 Å². The highest BCUT2D eigenvalue weighted by molar-refractivity contribution is 5.45. The third-order valence-corrected chi connectivity index (χ3v) is 4.08. The van der Waals surface area contributed by atoms with E-state index in [1.54, 1.807) is 0 Å². The largest absolute Gasteiger partial charge is 0.493 e. The summed E-state index contributed by atoms with van der Waals surface area (Å²) in [6.45, 7) is 3.12. The molecular weight excluding hydrogens is 234 g/mol. The zero-order valence-electron chi connectivity index (χ0n) is 12.4. The molecular formula is C17H27NO. The molecule has 0 aromatic heterocycles. The van der Waals surface area contributed by atoms with Crippen LogP contribution in [0.15, 0.2) is 18.2 Å². The molecule has 0 amide bonds. The van der Waals surface area contributed by atoms with E-state index in [9.17, 15) is 0 Å². The summed E-state index contributed by atoms with van der Waals surface area (Å²) in [6, 6.07) is 7.00. The smallest absolute Gasteiger partial charge is 0.122 e. The van der Waals surface area contributed by atoms with Gasteiger partial charge in [-0.2, -0.15) is 0 Å². The molecule has 0 bridgehead atoms. The number of benzene rings is 1. The van der Waals surface area contributed by atoms with E-state index >= 15 is 0 Å². The fourth-order valence-corrected chi connectivity index (χ4v) is 2.94. The van der Waals surface area contributed by atoms with Gasteiger partial charge in [-0.1, -0.05) is 44.7 Å². The molecule has 1 atom stereocenters. The molecule has 0 fully saturated rings. The fraction of sp³-hybridized carbons (Fsp3) is 0.647. The second-order valence-electron chi connectivity index (χ2n) is 5.47. The van der Waals surface area contributed by atoms with Crippen molar-refractivity contribution in [2.24, 2.45) is 0 Å². The van der Waals surface area contributed by atoms with Gasteiger partial charge >= 0.3 is 0 Å². The molecule has 0 radical (unpaired) electrons. The Kier molecular flexibility index (Phi) is 5.71. The normalized spacial score (nSPS) is 17.5. The average molecular weight is 261 g/mol. The van der Waals surface area contributed by atoms with Gasteiger partial charge in [0.1, 0.15) is 5.75 Å². The van der Waals surface area contributed by atoms with Crippen LogP contribution < -0.4 is 10.1 Å². The maximum atomic E-state index is 5.99. The van der Waals surface area contributed by atoms with Crippen LogP contribution in [0.3, 0.4) is 0 Å². The number of hydrogen-bond acceptors (Lipinski definition) is 2. The van der Waals surface area contributed by atoms with E-state index < -0.39 is 0 Å². The monoisotopic (exact) mass is 261 g/mol. The predicted octanol–water partition coefficient (Wildman–Crippen LogP) is 4.24. The Balaban J connectivity index is 1.83. The van der Waals surface area contributed by atoms with Gasteiger partial charge in [0.15, 0.2) is 0 Å². The average Bonchev–Trinajstić information content (AvgIpc) is 2.86. The van der Waals surface area contributed by atoms with E-state index in [0.29, 0.717) is 6.04 Å². The van der Waals surface area contributed by atoms with Crippen molar-refractivity contribution in [2.45, 2.75) is 57.9 Å². The predicted molar refractivity (Wildman–Crippen MR) is 80.8 cm³/mol. The summed E-state index contributed by atoms with van der Waals surface area (Å²) in [5, 5.41) is 3.38. The van der Waals surface area contributed by atoms with Crippen LogP contribution in [-0.2, 0) is 6.42 Å². The van der Waals surface area contributed by atoms with E-state index in [0.717, 1.165) is 18.8 Å². The van der Waals surface area contributed by atoms with Crippen molar-refractivity contribution in [1.29, 1.82) is 0 Å².